The van der Waals surface area contributed by atoms with Gasteiger partial charge in [0.05, 0.1) is 6.54 Å². The van der Waals surface area contributed by atoms with Gasteiger partial charge in [-0.05, 0) is 29.5 Å². The zero-order valence-corrected chi connectivity index (χ0v) is 16.2. The molecule has 142 valence electrons. The van der Waals surface area contributed by atoms with Crippen molar-refractivity contribution in [1.29, 1.82) is 0 Å². The van der Waals surface area contributed by atoms with Gasteiger partial charge in [-0.1, -0.05) is 45.0 Å². The van der Waals surface area contributed by atoms with Crippen LogP contribution in [-0.4, -0.2) is 60.9 Å². The van der Waals surface area contributed by atoms with Gasteiger partial charge in [0.1, 0.15) is 0 Å². The van der Waals surface area contributed by atoms with E-state index in [1.54, 1.807) is 6.08 Å². The second-order valence-electron chi connectivity index (χ2n) is 7.11. The molecule has 26 heavy (non-hydrogen) atoms. The Bertz CT molecular complexity index is 615. The second-order valence-corrected chi connectivity index (χ2v) is 7.11. The molecule has 1 fully saturated rings. The Balaban J connectivity index is 1.78. The first-order valence-corrected chi connectivity index (χ1v) is 9.55. The van der Waals surface area contributed by atoms with Gasteiger partial charge in [0.15, 0.2) is 0 Å². The van der Waals surface area contributed by atoms with E-state index in [1.807, 2.05) is 30.0 Å². The molecule has 1 heterocycles. The van der Waals surface area contributed by atoms with Crippen LogP contribution >= 0.6 is 0 Å². The van der Waals surface area contributed by atoms with Gasteiger partial charge < -0.3 is 10.2 Å². The van der Waals surface area contributed by atoms with Crippen LogP contribution in [-0.2, 0) is 9.59 Å². The molecule has 5 heteroatoms. The SMILES string of the molecule is CCCNC(=O)CN1CCN(C(=O)/C=C/c2ccc(C(C)C)cc2)CC1. The Morgan fingerprint density at radius 3 is 2.35 bits per heavy atom. The first kappa shape index (κ1) is 20.2. The summed E-state index contributed by atoms with van der Waals surface area (Å²) < 4.78 is 0. The van der Waals surface area contributed by atoms with Crippen LogP contribution in [0.5, 0.6) is 0 Å². The number of hydrogen-bond acceptors (Lipinski definition) is 3. The van der Waals surface area contributed by atoms with Gasteiger partial charge in [0.2, 0.25) is 11.8 Å². The molecule has 0 radical (unpaired) electrons. The molecule has 0 atom stereocenters. The molecule has 0 aliphatic carbocycles. The molecule has 2 rings (SSSR count). The highest BCUT2D eigenvalue weighted by Gasteiger charge is 2.20. The lowest BCUT2D eigenvalue weighted by atomic mass is 10.0. The van der Waals surface area contributed by atoms with Crippen molar-refractivity contribution in [2.75, 3.05) is 39.3 Å². The first-order chi connectivity index (χ1) is 12.5. The van der Waals surface area contributed by atoms with Crippen LogP contribution < -0.4 is 5.32 Å². The normalized spacial score (nSPS) is 15.6. The summed E-state index contributed by atoms with van der Waals surface area (Å²) in [7, 11) is 0. The summed E-state index contributed by atoms with van der Waals surface area (Å²) in [5.41, 5.74) is 2.33. The highest BCUT2D eigenvalue weighted by molar-refractivity contribution is 5.91. The molecule has 0 unspecified atom stereocenters. The average molecular weight is 357 g/mol. The molecule has 1 aromatic carbocycles. The maximum atomic E-state index is 12.4. The Hall–Kier alpha value is -2.14. The molecule has 1 aromatic rings. The van der Waals surface area contributed by atoms with Gasteiger partial charge >= 0.3 is 0 Å². The minimum Gasteiger partial charge on any atom is -0.355 e. The van der Waals surface area contributed by atoms with E-state index in [0.717, 1.165) is 31.6 Å². The number of amides is 2. The first-order valence-electron chi connectivity index (χ1n) is 9.55. The third kappa shape index (κ3) is 6.30. The maximum Gasteiger partial charge on any atom is 0.246 e. The molecule has 1 aliphatic heterocycles. The van der Waals surface area contributed by atoms with Crippen LogP contribution in [0.3, 0.4) is 0 Å². The Kier molecular flexibility index (Phi) is 7.85. The van der Waals surface area contributed by atoms with Gasteiger partial charge in [-0.3, -0.25) is 14.5 Å². The van der Waals surface area contributed by atoms with Gasteiger partial charge in [0.25, 0.3) is 0 Å². The average Bonchev–Trinajstić information content (AvgIpc) is 2.65. The van der Waals surface area contributed by atoms with E-state index < -0.39 is 0 Å². The molecular weight excluding hydrogens is 326 g/mol. The fourth-order valence-electron chi connectivity index (χ4n) is 2.91. The van der Waals surface area contributed by atoms with Gasteiger partial charge in [-0.15, -0.1) is 0 Å². The molecule has 0 aromatic heterocycles. The van der Waals surface area contributed by atoms with E-state index >= 15 is 0 Å². The van der Waals surface area contributed by atoms with Gasteiger partial charge in [0, 0.05) is 38.8 Å². The molecule has 2 amide bonds. The van der Waals surface area contributed by atoms with Crippen molar-refractivity contribution in [3.63, 3.8) is 0 Å². The van der Waals surface area contributed by atoms with Crippen LogP contribution in [0.2, 0.25) is 0 Å². The van der Waals surface area contributed by atoms with Crippen molar-refractivity contribution in [1.82, 2.24) is 15.1 Å². The van der Waals surface area contributed by atoms with E-state index in [2.05, 4.69) is 36.2 Å². The summed E-state index contributed by atoms with van der Waals surface area (Å²) in [5.74, 6) is 0.611. The zero-order chi connectivity index (χ0) is 18.9. The van der Waals surface area contributed by atoms with Crippen LogP contribution in [0, 0.1) is 0 Å². The fourth-order valence-corrected chi connectivity index (χ4v) is 2.91. The highest BCUT2D eigenvalue weighted by atomic mass is 16.2. The fraction of sp³-hybridized carbons (Fsp3) is 0.524. The number of piperazine rings is 1. The number of hydrogen-bond donors (Lipinski definition) is 1. The zero-order valence-electron chi connectivity index (χ0n) is 16.2. The number of carbonyl (C=O) groups excluding carboxylic acids is 2. The van der Waals surface area contributed by atoms with E-state index in [9.17, 15) is 9.59 Å². The third-order valence-electron chi connectivity index (χ3n) is 4.64. The summed E-state index contributed by atoms with van der Waals surface area (Å²) in [6.45, 7) is 10.3. The number of nitrogens with one attached hydrogen (secondary N) is 1. The monoisotopic (exact) mass is 357 g/mol. The lowest BCUT2D eigenvalue weighted by Crippen LogP contribution is -2.50. The molecule has 5 nitrogen and oxygen atoms in total. The Morgan fingerprint density at radius 1 is 1.12 bits per heavy atom. The van der Waals surface area contributed by atoms with Gasteiger partial charge in [-0.2, -0.15) is 0 Å². The van der Waals surface area contributed by atoms with Crippen molar-refractivity contribution in [3.05, 3.63) is 41.5 Å². The lowest BCUT2D eigenvalue weighted by Gasteiger charge is -2.33. The third-order valence-corrected chi connectivity index (χ3v) is 4.64. The Morgan fingerprint density at radius 2 is 1.77 bits per heavy atom. The second kappa shape index (κ2) is 10.1. The van der Waals surface area contributed by atoms with E-state index in [4.69, 9.17) is 0 Å². The summed E-state index contributed by atoms with van der Waals surface area (Å²) in [5, 5.41) is 2.89. The van der Waals surface area contributed by atoms with Gasteiger partial charge in [-0.25, -0.2) is 0 Å². The smallest absolute Gasteiger partial charge is 0.246 e. The highest BCUT2D eigenvalue weighted by Crippen LogP contribution is 2.15. The van der Waals surface area contributed by atoms with Crippen LogP contribution in [0.4, 0.5) is 0 Å². The minimum absolute atomic E-state index is 0.0352. The predicted molar refractivity (Wildman–Crippen MR) is 106 cm³/mol. The van der Waals surface area contributed by atoms with E-state index in [-0.39, 0.29) is 11.8 Å². The predicted octanol–water partition coefficient (Wildman–Crippen LogP) is 2.49. The van der Waals surface area contributed by atoms with Crippen molar-refractivity contribution < 1.29 is 9.59 Å². The number of carbonyl (C=O) groups is 2. The molecule has 1 saturated heterocycles. The van der Waals surface area contributed by atoms with E-state index in [0.29, 0.717) is 25.6 Å². The lowest BCUT2D eigenvalue weighted by molar-refractivity contribution is -0.128. The van der Waals surface area contributed by atoms with E-state index in [1.165, 1.54) is 5.56 Å². The molecular formula is C21H31N3O2. The van der Waals surface area contributed by atoms with Crippen molar-refractivity contribution in [2.45, 2.75) is 33.1 Å². The molecule has 1 aliphatic rings. The van der Waals surface area contributed by atoms with Crippen molar-refractivity contribution in [2.24, 2.45) is 0 Å². The van der Waals surface area contributed by atoms with Crippen LogP contribution in [0.15, 0.2) is 30.3 Å². The minimum atomic E-state index is 0.0352. The number of nitrogens with zero attached hydrogens (tertiary/aromatic N) is 2. The largest absolute Gasteiger partial charge is 0.355 e. The maximum absolute atomic E-state index is 12.4. The van der Waals surface area contributed by atoms with Crippen molar-refractivity contribution >= 4 is 17.9 Å². The molecule has 0 saturated carbocycles. The number of rotatable bonds is 7. The summed E-state index contributed by atoms with van der Waals surface area (Å²) >= 11 is 0. The number of benzene rings is 1. The van der Waals surface area contributed by atoms with Crippen LogP contribution in [0.1, 0.15) is 44.2 Å². The molecule has 0 bridgehead atoms. The quantitative estimate of drug-likeness (QED) is 0.763. The van der Waals surface area contributed by atoms with Crippen LogP contribution in [0.25, 0.3) is 6.08 Å². The summed E-state index contributed by atoms with van der Waals surface area (Å²) in [4.78, 5) is 28.1. The molecule has 0 spiro atoms. The molecule has 1 N–H and O–H groups in total. The summed E-state index contributed by atoms with van der Waals surface area (Å²) in [6.07, 6.45) is 4.46. The standard InChI is InChI=1S/C21H31N3O2/c1-4-11-22-20(25)16-23-12-14-24(15-13-23)21(26)10-7-18-5-8-19(9-6-18)17(2)3/h5-10,17H,4,11-16H2,1-3H3,(H,22,25)/b10-7+. The Labute approximate surface area is 157 Å². The summed E-state index contributed by atoms with van der Waals surface area (Å²) in [6, 6.07) is 8.31. The van der Waals surface area contributed by atoms with Crippen molar-refractivity contribution in [3.8, 4) is 0 Å². The topological polar surface area (TPSA) is 52.7 Å².